The molecule has 18 heavy (non-hydrogen) atoms. The molecule has 0 amide bonds. The summed E-state index contributed by atoms with van der Waals surface area (Å²) in [5.41, 5.74) is 0.679. The predicted molar refractivity (Wildman–Crippen MR) is 70.5 cm³/mol. The van der Waals surface area contributed by atoms with Crippen molar-refractivity contribution in [2.24, 2.45) is 0 Å². The van der Waals surface area contributed by atoms with Crippen LogP contribution in [0.3, 0.4) is 0 Å². The molecule has 0 spiro atoms. The summed E-state index contributed by atoms with van der Waals surface area (Å²) in [5, 5.41) is 0. The van der Waals surface area contributed by atoms with Gasteiger partial charge in [-0.3, -0.25) is 0 Å². The number of hydrogen-bond donors (Lipinski definition) is 0. The molecule has 1 heterocycles. The van der Waals surface area contributed by atoms with Crippen LogP contribution in [0.4, 0.5) is 4.39 Å². The molecule has 0 bridgehead atoms. The molecule has 0 atom stereocenters. The number of rotatable bonds is 3. The molecule has 0 aliphatic carbocycles. The smallest absolute Gasteiger partial charge is 0.227 e. The third kappa shape index (κ3) is 2.97. The van der Waals surface area contributed by atoms with Crippen LogP contribution >= 0.6 is 27.5 Å². The standard InChI is InChI=1S/C12H9BrClFN2O/c1-7-16-6-8(5-14)12(17-7)18-11-3-2-9(15)4-10(11)13/h2-4,6H,5H2,1H3. The van der Waals surface area contributed by atoms with E-state index in [-0.39, 0.29) is 11.7 Å². The van der Waals surface area contributed by atoms with E-state index in [4.69, 9.17) is 16.3 Å². The molecule has 0 N–H and O–H groups in total. The first-order chi connectivity index (χ1) is 8.60. The number of hydrogen-bond acceptors (Lipinski definition) is 3. The van der Waals surface area contributed by atoms with Gasteiger partial charge < -0.3 is 4.74 Å². The Morgan fingerprint density at radius 3 is 2.89 bits per heavy atom. The fourth-order valence-electron chi connectivity index (χ4n) is 1.32. The quantitative estimate of drug-likeness (QED) is 0.790. The van der Waals surface area contributed by atoms with Gasteiger partial charge in [0, 0.05) is 11.8 Å². The van der Waals surface area contributed by atoms with Gasteiger partial charge in [-0.25, -0.2) is 9.37 Å². The summed E-state index contributed by atoms with van der Waals surface area (Å²) >= 11 is 9.01. The van der Waals surface area contributed by atoms with E-state index in [9.17, 15) is 4.39 Å². The number of aromatic nitrogens is 2. The first-order valence-corrected chi connectivity index (χ1v) is 6.44. The highest BCUT2D eigenvalue weighted by atomic mass is 79.9. The Bertz CT molecular complexity index is 580. The molecule has 1 aromatic heterocycles. The van der Waals surface area contributed by atoms with Gasteiger partial charge in [0.15, 0.2) is 0 Å². The lowest BCUT2D eigenvalue weighted by Crippen LogP contribution is -1.98. The van der Waals surface area contributed by atoms with Crippen molar-refractivity contribution in [3.05, 3.63) is 46.1 Å². The third-order valence-corrected chi connectivity index (χ3v) is 3.10. The Hall–Kier alpha value is -1.20. The maximum atomic E-state index is 13.0. The summed E-state index contributed by atoms with van der Waals surface area (Å²) in [6, 6.07) is 4.16. The van der Waals surface area contributed by atoms with Gasteiger partial charge in [-0.15, -0.1) is 11.6 Å². The minimum Gasteiger partial charge on any atom is -0.437 e. The van der Waals surface area contributed by atoms with Crippen LogP contribution in [-0.4, -0.2) is 9.97 Å². The maximum Gasteiger partial charge on any atom is 0.227 e. The molecule has 3 nitrogen and oxygen atoms in total. The Labute approximate surface area is 117 Å². The Balaban J connectivity index is 2.36. The number of halogens is 3. The molecule has 2 rings (SSSR count). The molecular formula is C12H9BrClFN2O. The molecule has 0 aliphatic rings. The number of benzene rings is 1. The highest BCUT2D eigenvalue weighted by molar-refractivity contribution is 9.10. The molecule has 0 radical (unpaired) electrons. The molecule has 94 valence electrons. The Kier molecular flexibility index (Phi) is 4.14. The molecule has 0 fully saturated rings. The van der Waals surface area contributed by atoms with Crippen LogP contribution in [0.5, 0.6) is 11.6 Å². The van der Waals surface area contributed by atoms with Gasteiger partial charge in [-0.2, -0.15) is 4.98 Å². The third-order valence-electron chi connectivity index (χ3n) is 2.19. The van der Waals surface area contributed by atoms with Gasteiger partial charge >= 0.3 is 0 Å². The monoisotopic (exact) mass is 330 g/mol. The predicted octanol–water partition coefficient (Wildman–Crippen LogP) is 4.22. The minimum atomic E-state index is -0.342. The zero-order chi connectivity index (χ0) is 13.1. The van der Waals surface area contributed by atoms with Crippen molar-refractivity contribution in [2.45, 2.75) is 12.8 Å². The van der Waals surface area contributed by atoms with Crippen molar-refractivity contribution in [2.75, 3.05) is 0 Å². The highest BCUT2D eigenvalue weighted by Crippen LogP contribution is 2.31. The lowest BCUT2D eigenvalue weighted by molar-refractivity contribution is 0.450. The largest absolute Gasteiger partial charge is 0.437 e. The average Bonchev–Trinajstić information content (AvgIpc) is 2.33. The molecular weight excluding hydrogens is 322 g/mol. The lowest BCUT2D eigenvalue weighted by Gasteiger charge is -2.10. The normalized spacial score (nSPS) is 10.4. The van der Waals surface area contributed by atoms with E-state index in [1.165, 1.54) is 18.2 Å². The molecule has 0 saturated carbocycles. The number of ether oxygens (including phenoxy) is 1. The molecule has 1 aromatic carbocycles. The summed E-state index contributed by atoms with van der Waals surface area (Å²) < 4.78 is 19.1. The fourth-order valence-corrected chi connectivity index (χ4v) is 1.93. The zero-order valence-corrected chi connectivity index (χ0v) is 11.8. The molecule has 0 unspecified atom stereocenters. The SMILES string of the molecule is Cc1ncc(CCl)c(Oc2ccc(F)cc2Br)n1. The fraction of sp³-hybridized carbons (Fsp3) is 0.167. The van der Waals surface area contributed by atoms with Gasteiger partial charge in [0.2, 0.25) is 5.88 Å². The lowest BCUT2D eigenvalue weighted by atomic mass is 10.3. The topological polar surface area (TPSA) is 35.0 Å². The molecule has 2 aromatic rings. The first kappa shape index (κ1) is 13.2. The first-order valence-electron chi connectivity index (χ1n) is 5.11. The van der Waals surface area contributed by atoms with Crippen LogP contribution in [0.1, 0.15) is 11.4 Å². The molecule has 0 aliphatic heterocycles. The van der Waals surface area contributed by atoms with Gasteiger partial charge in [-0.1, -0.05) is 0 Å². The highest BCUT2D eigenvalue weighted by Gasteiger charge is 2.10. The number of nitrogens with zero attached hydrogens (tertiary/aromatic N) is 2. The van der Waals surface area contributed by atoms with Crippen molar-refractivity contribution < 1.29 is 9.13 Å². The second-order valence-electron chi connectivity index (χ2n) is 3.56. The average molecular weight is 332 g/mol. The zero-order valence-electron chi connectivity index (χ0n) is 9.45. The van der Waals surface area contributed by atoms with E-state index >= 15 is 0 Å². The van der Waals surface area contributed by atoms with Crippen LogP contribution in [0.2, 0.25) is 0 Å². The van der Waals surface area contributed by atoms with Crippen molar-refractivity contribution >= 4 is 27.5 Å². The number of aryl methyl sites for hydroxylation is 1. The van der Waals surface area contributed by atoms with E-state index in [1.54, 1.807) is 13.1 Å². The minimum absolute atomic E-state index is 0.244. The summed E-state index contributed by atoms with van der Waals surface area (Å²) in [6.45, 7) is 1.75. The van der Waals surface area contributed by atoms with Crippen molar-refractivity contribution in [3.8, 4) is 11.6 Å². The molecule has 0 saturated heterocycles. The van der Waals surface area contributed by atoms with Gasteiger partial charge in [0.1, 0.15) is 17.4 Å². The van der Waals surface area contributed by atoms with Gasteiger partial charge in [0.25, 0.3) is 0 Å². The van der Waals surface area contributed by atoms with E-state index < -0.39 is 0 Å². The van der Waals surface area contributed by atoms with E-state index in [2.05, 4.69) is 25.9 Å². The Morgan fingerprint density at radius 2 is 2.22 bits per heavy atom. The summed E-state index contributed by atoms with van der Waals surface area (Å²) in [5.74, 6) is 1.34. The molecule has 6 heteroatoms. The Morgan fingerprint density at radius 1 is 1.44 bits per heavy atom. The van der Waals surface area contributed by atoms with Crippen molar-refractivity contribution in [3.63, 3.8) is 0 Å². The summed E-state index contributed by atoms with van der Waals surface area (Å²) in [6.07, 6.45) is 1.61. The van der Waals surface area contributed by atoms with Crippen molar-refractivity contribution in [1.29, 1.82) is 0 Å². The van der Waals surface area contributed by atoms with Crippen molar-refractivity contribution in [1.82, 2.24) is 9.97 Å². The van der Waals surface area contributed by atoms with E-state index in [1.807, 2.05) is 0 Å². The van der Waals surface area contributed by atoms with Crippen LogP contribution in [-0.2, 0) is 5.88 Å². The van der Waals surface area contributed by atoms with Crippen LogP contribution in [0.15, 0.2) is 28.9 Å². The maximum absolute atomic E-state index is 13.0. The van der Waals surface area contributed by atoms with Gasteiger partial charge in [-0.05, 0) is 41.1 Å². The summed E-state index contributed by atoms with van der Waals surface area (Å²) in [7, 11) is 0. The second-order valence-corrected chi connectivity index (χ2v) is 4.68. The van der Waals surface area contributed by atoms with E-state index in [0.717, 1.165) is 0 Å². The van der Waals surface area contributed by atoms with Crippen LogP contribution < -0.4 is 4.74 Å². The second kappa shape index (κ2) is 5.63. The number of alkyl halides is 1. The van der Waals surface area contributed by atoms with Crippen LogP contribution in [0.25, 0.3) is 0 Å². The van der Waals surface area contributed by atoms with Gasteiger partial charge in [0.05, 0.1) is 10.4 Å². The summed E-state index contributed by atoms with van der Waals surface area (Å²) in [4.78, 5) is 8.21. The van der Waals surface area contributed by atoms with E-state index in [0.29, 0.717) is 27.5 Å². The van der Waals surface area contributed by atoms with Crippen LogP contribution in [0, 0.1) is 12.7 Å².